The van der Waals surface area contributed by atoms with Gasteiger partial charge in [-0.05, 0) is 44.0 Å². The smallest absolute Gasteiger partial charge is 0.338 e. The number of hydrogen-bond donors (Lipinski definition) is 1. The third-order valence-corrected chi connectivity index (χ3v) is 5.78. The van der Waals surface area contributed by atoms with E-state index in [4.69, 9.17) is 26.1 Å². The molecule has 0 amide bonds. The lowest BCUT2D eigenvalue weighted by Crippen LogP contribution is -2.17. The summed E-state index contributed by atoms with van der Waals surface area (Å²) in [6, 6.07) is 12.9. The molecule has 188 valence electrons. The maximum absolute atomic E-state index is 12.3. The van der Waals surface area contributed by atoms with E-state index in [2.05, 4.69) is 25.3 Å². The fraction of sp³-hybridized carbons (Fsp3) is 0.429. The highest BCUT2D eigenvalue weighted by Crippen LogP contribution is 2.27. The average molecular weight is 499 g/mol. The van der Waals surface area contributed by atoms with Crippen molar-refractivity contribution in [2.24, 2.45) is 7.05 Å². The van der Waals surface area contributed by atoms with Crippen molar-refractivity contribution in [3.8, 4) is 17.0 Å². The van der Waals surface area contributed by atoms with Gasteiger partial charge in [0.25, 0.3) is 0 Å². The van der Waals surface area contributed by atoms with Crippen LogP contribution >= 0.6 is 11.6 Å². The van der Waals surface area contributed by atoms with Crippen LogP contribution in [0.15, 0.2) is 48.7 Å². The number of ether oxygens (including phenoxy) is 2. The molecule has 6 nitrogen and oxygen atoms in total. The Morgan fingerprint density at radius 3 is 2.40 bits per heavy atom. The summed E-state index contributed by atoms with van der Waals surface area (Å²) in [4.78, 5) is 17.1. The summed E-state index contributed by atoms with van der Waals surface area (Å²) in [5.74, 6) is 1.07. The van der Waals surface area contributed by atoms with Crippen molar-refractivity contribution < 1.29 is 19.4 Å². The van der Waals surface area contributed by atoms with Crippen LogP contribution in [-0.2, 0) is 23.6 Å². The summed E-state index contributed by atoms with van der Waals surface area (Å²) in [7, 11) is 2.01. The Hall–Kier alpha value is -2.83. The molecule has 2 aromatic carbocycles. The van der Waals surface area contributed by atoms with Gasteiger partial charge in [0.15, 0.2) is 0 Å². The average Bonchev–Trinajstić information content (AvgIpc) is 3.17. The largest absolute Gasteiger partial charge is 0.489 e. The van der Waals surface area contributed by atoms with Crippen molar-refractivity contribution >= 4 is 17.6 Å². The third kappa shape index (κ3) is 7.33. The van der Waals surface area contributed by atoms with Crippen LogP contribution < -0.4 is 4.74 Å². The van der Waals surface area contributed by atoms with E-state index in [1.165, 1.54) is 6.07 Å². The van der Waals surface area contributed by atoms with Gasteiger partial charge in [0.05, 0.1) is 35.1 Å². The van der Waals surface area contributed by atoms with E-state index in [9.17, 15) is 9.90 Å². The summed E-state index contributed by atoms with van der Waals surface area (Å²) >= 11 is 6.19. The first kappa shape index (κ1) is 26.8. The second-order valence-electron chi connectivity index (χ2n) is 10.1. The molecule has 0 spiro atoms. The van der Waals surface area contributed by atoms with Crippen molar-refractivity contribution in [3.05, 3.63) is 70.6 Å². The number of carbonyl (C=O) groups excluding carboxylic acids is 1. The fourth-order valence-corrected chi connectivity index (χ4v) is 4.06. The van der Waals surface area contributed by atoms with Crippen molar-refractivity contribution in [2.75, 3.05) is 6.61 Å². The number of esters is 1. The van der Waals surface area contributed by atoms with Crippen LogP contribution in [0, 0.1) is 0 Å². The van der Waals surface area contributed by atoms with E-state index in [0.717, 1.165) is 22.6 Å². The fourth-order valence-electron chi connectivity index (χ4n) is 3.84. The van der Waals surface area contributed by atoms with Crippen LogP contribution in [0.1, 0.15) is 62.8 Å². The van der Waals surface area contributed by atoms with E-state index in [-0.39, 0.29) is 18.1 Å². The molecule has 0 aliphatic heterocycles. The van der Waals surface area contributed by atoms with Gasteiger partial charge in [0.2, 0.25) is 0 Å². The molecule has 1 N–H and O–H groups in total. The predicted molar refractivity (Wildman–Crippen MR) is 139 cm³/mol. The molecule has 1 atom stereocenters. The molecule has 0 saturated carbocycles. The molecule has 35 heavy (non-hydrogen) atoms. The molecule has 1 unspecified atom stereocenters. The second kappa shape index (κ2) is 11.3. The van der Waals surface area contributed by atoms with Gasteiger partial charge in [0.1, 0.15) is 11.6 Å². The number of aryl methyl sites for hydroxylation is 1. The molecule has 0 aliphatic rings. The van der Waals surface area contributed by atoms with Crippen LogP contribution in [0.25, 0.3) is 11.3 Å². The van der Waals surface area contributed by atoms with Crippen LogP contribution in [-0.4, -0.2) is 39.4 Å². The summed E-state index contributed by atoms with van der Waals surface area (Å²) in [5.41, 5.74) is 3.29. The Balaban J connectivity index is 1.50. The molecular weight excluding hydrogens is 464 g/mol. The predicted octanol–water partition coefficient (Wildman–Crippen LogP) is 5.98. The highest BCUT2D eigenvalue weighted by Gasteiger charge is 2.20. The molecule has 0 saturated heterocycles. The Labute approximate surface area is 212 Å². The minimum Gasteiger partial charge on any atom is -0.489 e. The molecule has 0 bridgehead atoms. The third-order valence-electron chi connectivity index (χ3n) is 5.48. The van der Waals surface area contributed by atoms with Gasteiger partial charge in [-0.1, -0.05) is 56.6 Å². The number of aliphatic hydroxyl groups excluding tert-OH is 1. The molecule has 0 radical (unpaired) electrons. The number of hydrogen-bond acceptors (Lipinski definition) is 5. The quantitative estimate of drug-likeness (QED) is 0.367. The Kier molecular flexibility index (Phi) is 8.62. The van der Waals surface area contributed by atoms with Crippen LogP contribution in [0.5, 0.6) is 5.75 Å². The first-order chi connectivity index (χ1) is 16.4. The number of nitrogens with zero attached hydrogens (tertiary/aromatic N) is 2. The summed E-state index contributed by atoms with van der Waals surface area (Å²) in [5, 5.41) is 10.8. The molecule has 1 aromatic heterocycles. The van der Waals surface area contributed by atoms with E-state index in [0.29, 0.717) is 29.2 Å². The van der Waals surface area contributed by atoms with E-state index < -0.39 is 12.1 Å². The standard InChI is InChI=1S/C28H35ClN2O4/c1-18(2)35-25-12-11-21(16-23(25)29)26(33)34-14-13-22(32)15-19-7-9-20(10-8-19)24-17-31(6)27(30-24)28(3,4)5/h7-12,16-18,22,32H,13-15H2,1-6H3. The van der Waals surface area contributed by atoms with Crippen molar-refractivity contribution in [2.45, 2.75) is 65.1 Å². The van der Waals surface area contributed by atoms with Crippen molar-refractivity contribution in [1.29, 1.82) is 0 Å². The maximum atomic E-state index is 12.3. The zero-order chi connectivity index (χ0) is 25.8. The van der Waals surface area contributed by atoms with Crippen LogP contribution in [0.2, 0.25) is 5.02 Å². The highest BCUT2D eigenvalue weighted by atomic mass is 35.5. The van der Waals surface area contributed by atoms with E-state index >= 15 is 0 Å². The number of rotatable bonds is 9. The normalized spacial score (nSPS) is 12.6. The van der Waals surface area contributed by atoms with Gasteiger partial charge in [-0.15, -0.1) is 0 Å². The number of carbonyl (C=O) groups is 1. The Morgan fingerprint density at radius 1 is 1.14 bits per heavy atom. The molecule has 0 aliphatic carbocycles. The van der Waals surface area contributed by atoms with Crippen LogP contribution in [0.4, 0.5) is 0 Å². The van der Waals surface area contributed by atoms with Gasteiger partial charge >= 0.3 is 5.97 Å². The summed E-state index contributed by atoms with van der Waals surface area (Å²) in [6.07, 6.45) is 2.21. The summed E-state index contributed by atoms with van der Waals surface area (Å²) < 4.78 is 13.0. The molecule has 3 rings (SSSR count). The molecule has 0 fully saturated rings. The minimum absolute atomic E-state index is 0.0145. The van der Waals surface area contributed by atoms with Gasteiger partial charge in [0, 0.05) is 30.6 Å². The molecule has 7 heteroatoms. The van der Waals surface area contributed by atoms with E-state index in [1.807, 2.05) is 51.4 Å². The number of aromatic nitrogens is 2. The first-order valence-corrected chi connectivity index (χ1v) is 12.3. The number of imidazole rings is 1. The lowest BCUT2D eigenvalue weighted by Gasteiger charge is -2.17. The van der Waals surface area contributed by atoms with Gasteiger partial charge < -0.3 is 19.1 Å². The first-order valence-electron chi connectivity index (χ1n) is 11.9. The lowest BCUT2D eigenvalue weighted by molar-refractivity contribution is 0.0432. The highest BCUT2D eigenvalue weighted by molar-refractivity contribution is 6.32. The SMILES string of the molecule is CC(C)Oc1ccc(C(=O)OCCC(O)Cc2ccc(-c3cn(C)c(C(C)(C)C)n3)cc2)cc1Cl. The van der Waals surface area contributed by atoms with Gasteiger partial charge in [-0.3, -0.25) is 0 Å². The topological polar surface area (TPSA) is 73.6 Å². The Morgan fingerprint density at radius 2 is 1.83 bits per heavy atom. The Bertz CT molecular complexity index is 1150. The van der Waals surface area contributed by atoms with Crippen LogP contribution in [0.3, 0.4) is 0 Å². The maximum Gasteiger partial charge on any atom is 0.338 e. The lowest BCUT2D eigenvalue weighted by atomic mass is 9.96. The van der Waals surface area contributed by atoms with Gasteiger partial charge in [-0.25, -0.2) is 9.78 Å². The monoisotopic (exact) mass is 498 g/mol. The summed E-state index contributed by atoms with van der Waals surface area (Å²) in [6.45, 7) is 10.4. The second-order valence-corrected chi connectivity index (χ2v) is 10.5. The molecule has 1 heterocycles. The zero-order valence-electron chi connectivity index (χ0n) is 21.3. The molecular formula is C28H35ClN2O4. The van der Waals surface area contributed by atoms with Crippen molar-refractivity contribution in [1.82, 2.24) is 9.55 Å². The zero-order valence-corrected chi connectivity index (χ0v) is 22.1. The minimum atomic E-state index is -0.624. The number of aliphatic hydroxyl groups is 1. The number of halogens is 1. The van der Waals surface area contributed by atoms with Gasteiger partial charge in [-0.2, -0.15) is 0 Å². The number of benzene rings is 2. The van der Waals surface area contributed by atoms with Crippen molar-refractivity contribution in [3.63, 3.8) is 0 Å². The molecule has 3 aromatic rings. The van der Waals surface area contributed by atoms with E-state index in [1.54, 1.807) is 12.1 Å².